The highest BCUT2D eigenvalue weighted by Crippen LogP contribution is 2.48. The topological polar surface area (TPSA) is 186 Å². The molecule has 2 aromatic carbocycles. The molecule has 386 valence electrons. The van der Waals surface area contributed by atoms with E-state index < -0.39 is 58.8 Å². The molecular formula is C55H71N7O7S3. The molecular weight excluding hydrogens is 967 g/mol. The van der Waals surface area contributed by atoms with E-state index in [4.69, 9.17) is 12.2 Å². The van der Waals surface area contributed by atoms with Gasteiger partial charge in [-0.3, -0.25) is 33.6 Å². The Balaban J connectivity index is 1.08. The van der Waals surface area contributed by atoms with E-state index in [1.54, 1.807) is 81.9 Å². The molecule has 0 aliphatic carbocycles. The lowest BCUT2D eigenvalue weighted by Gasteiger charge is -2.35. The number of thioether (sulfide) groups is 2. The van der Waals surface area contributed by atoms with Gasteiger partial charge in [0.25, 0.3) is 0 Å². The SMILES string of the molecule is CC[C@@H](C)C(=O)N[C@H]1CCS[C@H]2CC(C)(C)[C@@H](C(=O)N[C@H](C(=O)CCC#CC#CCNC(=O)[C@@H](NC(=O)[C@H]3N4C(=O)[C@@H](CC(=S)[C@H](C)NC)CCS[C@H]4CC3(C)C)c3ccccc3)c3ccccc3)N2C1=O. The second-order valence-corrected chi connectivity index (χ2v) is 23.7. The lowest BCUT2D eigenvalue weighted by molar-refractivity contribution is -0.144. The number of benzene rings is 2. The zero-order valence-corrected chi connectivity index (χ0v) is 45.3. The lowest BCUT2D eigenvalue weighted by atomic mass is 9.83. The number of rotatable bonds is 18. The standard InChI is InChI=1S/C55H71N7O7S3/c1-9-34(2)48(64)58-39-27-30-72-43-33-55(6,7)47(62(43)53(39)69)50(66)59-44(36-21-15-13-16-22-36)40(63)25-19-11-10-12-20-28-57-49(65)45(37-23-17-14-18-24-37)60-51(67)46-54(4,5)32-42-61(46)52(68)38(26-29-71-42)31-41(70)35(3)56-8/h13-18,21-24,34-35,38-39,42-47,56H,9,19,25-33H2,1-8H3,(H,57,65)(H,58,64)(H,59,66)(H,60,67)/t34-,35+,38-,39+,42+,43+,44+,45+,46-,47-/m1/s1. The molecule has 6 rings (SSSR count). The van der Waals surface area contributed by atoms with Crippen LogP contribution < -0.4 is 26.6 Å². The molecule has 4 saturated heterocycles. The molecule has 0 bridgehead atoms. The van der Waals surface area contributed by atoms with Crippen molar-refractivity contribution in [2.45, 2.75) is 147 Å². The van der Waals surface area contributed by atoms with Crippen molar-refractivity contribution in [1.29, 1.82) is 0 Å². The van der Waals surface area contributed by atoms with E-state index in [0.29, 0.717) is 55.4 Å². The van der Waals surface area contributed by atoms with Crippen LogP contribution in [0.4, 0.5) is 0 Å². The highest BCUT2D eigenvalue weighted by molar-refractivity contribution is 8.00. The summed E-state index contributed by atoms with van der Waals surface area (Å²) in [5.74, 6) is 9.95. The molecule has 4 heterocycles. The van der Waals surface area contributed by atoms with E-state index in [0.717, 1.165) is 10.6 Å². The minimum absolute atomic E-state index is 0.00645. The number of Topliss-reactive ketones (excluding diaryl/α,β-unsaturated/α-hetero) is 1. The summed E-state index contributed by atoms with van der Waals surface area (Å²) in [6, 6.07) is 13.4. The number of thiocarbonyl (C=S) groups is 1. The van der Waals surface area contributed by atoms with Gasteiger partial charge in [-0.2, -0.15) is 0 Å². The smallest absolute Gasteiger partial charge is 0.247 e. The summed E-state index contributed by atoms with van der Waals surface area (Å²) in [6.45, 7) is 13.5. The molecule has 17 heteroatoms. The summed E-state index contributed by atoms with van der Waals surface area (Å²) >= 11 is 8.99. The second-order valence-electron chi connectivity index (χ2n) is 20.7. The number of ketones is 1. The fourth-order valence-electron chi connectivity index (χ4n) is 10.0. The van der Waals surface area contributed by atoms with Gasteiger partial charge in [-0.25, -0.2) is 0 Å². The van der Waals surface area contributed by atoms with E-state index in [1.807, 2.05) is 67.6 Å². The Bertz CT molecular complexity index is 2300. The lowest BCUT2D eigenvalue weighted by Crippen LogP contribution is -2.57. The van der Waals surface area contributed by atoms with Crippen molar-refractivity contribution < 1.29 is 33.6 Å². The van der Waals surface area contributed by atoms with Gasteiger partial charge in [0.15, 0.2) is 5.78 Å². The molecule has 10 atom stereocenters. The first-order valence-corrected chi connectivity index (χ1v) is 27.6. The summed E-state index contributed by atoms with van der Waals surface area (Å²) < 4.78 is 0. The van der Waals surface area contributed by atoms with Crippen molar-refractivity contribution in [3.63, 3.8) is 0 Å². The number of fused-ring (bicyclic) bond motifs is 2. The number of carbonyl (C=O) groups is 7. The molecule has 4 aliphatic heterocycles. The third-order valence-electron chi connectivity index (χ3n) is 14.5. The van der Waals surface area contributed by atoms with Crippen molar-refractivity contribution in [3.8, 4) is 23.7 Å². The van der Waals surface area contributed by atoms with Crippen LogP contribution in [0.3, 0.4) is 0 Å². The Hall–Kier alpha value is -5.20. The van der Waals surface area contributed by atoms with Crippen LogP contribution in [0, 0.1) is 46.3 Å². The third kappa shape index (κ3) is 13.5. The first-order chi connectivity index (χ1) is 34.3. The number of nitrogens with one attached hydrogen (secondary N) is 5. The van der Waals surface area contributed by atoms with E-state index in [1.165, 1.54) is 0 Å². The van der Waals surface area contributed by atoms with Gasteiger partial charge in [-0.05, 0) is 97.8 Å². The minimum atomic E-state index is -1.07. The van der Waals surface area contributed by atoms with Crippen LogP contribution in [0.2, 0.25) is 0 Å². The normalized spacial score (nSPS) is 24.7. The number of carbonyl (C=O) groups excluding carboxylic acids is 7. The van der Waals surface area contributed by atoms with Crippen molar-refractivity contribution in [2.24, 2.45) is 22.7 Å². The number of hydrogen-bond donors (Lipinski definition) is 5. The van der Waals surface area contributed by atoms with Gasteiger partial charge in [0.2, 0.25) is 35.4 Å². The summed E-state index contributed by atoms with van der Waals surface area (Å²) in [5, 5.41) is 14.5. The van der Waals surface area contributed by atoms with Gasteiger partial charge in [-0.1, -0.05) is 126 Å². The first kappa shape index (κ1) is 56.1. The van der Waals surface area contributed by atoms with E-state index in [2.05, 4.69) is 50.3 Å². The number of amides is 6. The molecule has 0 aromatic heterocycles. The number of nitrogens with zero attached hydrogens (tertiary/aromatic N) is 2. The van der Waals surface area contributed by atoms with Crippen molar-refractivity contribution in [3.05, 3.63) is 71.8 Å². The third-order valence-corrected chi connectivity index (χ3v) is 17.5. The Morgan fingerprint density at radius 1 is 0.750 bits per heavy atom. The van der Waals surface area contributed by atoms with Crippen molar-refractivity contribution in [1.82, 2.24) is 36.4 Å². The van der Waals surface area contributed by atoms with Crippen LogP contribution in [0.1, 0.15) is 123 Å². The van der Waals surface area contributed by atoms with E-state index in [-0.39, 0.29) is 71.5 Å². The first-order valence-electron chi connectivity index (χ1n) is 25.1. The number of hydrogen-bond acceptors (Lipinski definition) is 11. The molecule has 0 unspecified atom stereocenters. The Morgan fingerprint density at radius 2 is 1.28 bits per heavy atom. The summed E-state index contributed by atoms with van der Waals surface area (Å²) in [7, 11) is 1.84. The average Bonchev–Trinajstić information content (AvgIpc) is 3.68. The molecule has 0 saturated carbocycles. The quantitative estimate of drug-likeness (QED) is 0.0889. The second kappa shape index (κ2) is 25.2. The van der Waals surface area contributed by atoms with Gasteiger partial charge >= 0.3 is 0 Å². The Morgan fingerprint density at radius 3 is 1.85 bits per heavy atom. The molecule has 0 spiro atoms. The summed E-state index contributed by atoms with van der Waals surface area (Å²) in [4.78, 5) is 102. The van der Waals surface area contributed by atoms with Crippen LogP contribution in [0.25, 0.3) is 0 Å². The molecule has 14 nitrogen and oxygen atoms in total. The van der Waals surface area contributed by atoms with E-state index >= 15 is 0 Å². The van der Waals surface area contributed by atoms with Crippen LogP contribution in [-0.4, -0.2) is 116 Å². The Kier molecular flexibility index (Phi) is 19.6. The fourth-order valence-corrected chi connectivity index (χ4v) is 13.6. The summed E-state index contributed by atoms with van der Waals surface area (Å²) in [5.41, 5.74) is -0.00768. The molecule has 5 N–H and O–H groups in total. The highest BCUT2D eigenvalue weighted by atomic mass is 32.2. The molecule has 4 aliphatic rings. The van der Waals surface area contributed by atoms with Crippen LogP contribution >= 0.6 is 35.7 Å². The molecule has 2 aromatic rings. The zero-order valence-electron chi connectivity index (χ0n) is 42.8. The predicted molar refractivity (Wildman–Crippen MR) is 288 cm³/mol. The molecule has 6 amide bonds. The minimum Gasteiger partial charge on any atom is -0.344 e. The van der Waals surface area contributed by atoms with Crippen LogP contribution in [-0.2, 0) is 33.6 Å². The molecule has 72 heavy (non-hydrogen) atoms. The average molecular weight is 1040 g/mol. The Labute approximate surface area is 439 Å². The molecule has 0 radical (unpaired) electrons. The fraction of sp³-hybridized carbons (Fsp3) is 0.564. The largest absolute Gasteiger partial charge is 0.344 e. The van der Waals surface area contributed by atoms with Crippen molar-refractivity contribution >= 4 is 81.8 Å². The highest BCUT2D eigenvalue weighted by Gasteiger charge is 2.56. The zero-order chi connectivity index (χ0) is 52.3. The van der Waals surface area contributed by atoms with Crippen molar-refractivity contribution in [2.75, 3.05) is 25.1 Å². The van der Waals surface area contributed by atoms with Gasteiger partial charge in [0, 0.05) is 35.6 Å². The summed E-state index contributed by atoms with van der Waals surface area (Å²) in [6.07, 6.45) is 3.59. The monoisotopic (exact) mass is 1040 g/mol. The van der Waals surface area contributed by atoms with Gasteiger partial charge < -0.3 is 36.4 Å². The molecule has 4 fully saturated rings. The van der Waals surface area contributed by atoms with Gasteiger partial charge in [0.05, 0.1) is 17.3 Å². The van der Waals surface area contributed by atoms with Gasteiger partial charge in [-0.15, -0.1) is 23.5 Å². The predicted octanol–water partition coefficient (Wildman–Crippen LogP) is 5.87. The maximum Gasteiger partial charge on any atom is 0.247 e. The van der Waals surface area contributed by atoms with Gasteiger partial charge in [0.1, 0.15) is 30.2 Å². The van der Waals surface area contributed by atoms with Crippen LogP contribution in [0.15, 0.2) is 60.7 Å². The van der Waals surface area contributed by atoms with E-state index in [9.17, 15) is 33.6 Å². The maximum atomic E-state index is 14.4. The van der Waals surface area contributed by atoms with Crippen LogP contribution in [0.5, 0.6) is 0 Å². The maximum absolute atomic E-state index is 14.4.